The maximum atomic E-state index is 12.5. The second kappa shape index (κ2) is 5.58. The van der Waals surface area contributed by atoms with E-state index in [4.69, 9.17) is 5.73 Å². The van der Waals surface area contributed by atoms with Gasteiger partial charge in [0.15, 0.2) is 9.84 Å². The van der Waals surface area contributed by atoms with Crippen molar-refractivity contribution in [1.82, 2.24) is 4.72 Å². The van der Waals surface area contributed by atoms with Crippen LogP contribution in [0.2, 0.25) is 0 Å². The predicted octanol–water partition coefficient (Wildman–Crippen LogP) is 0.741. The van der Waals surface area contributed by atoms with Crippen molar-refractivity contribution in [2.24, 2.45) is 0 Å². The van der Waals surface area contributed by atoms with Crippen LogP contribution in [0.1, 0.15) is 24.0 Å². The number of benzene rings is 1. The molecule has 6 nitrogen and oxygen atoms in total. The molecule has 1 aliphatic rings. The number of nitrogen functional groups attached to an aromatic ring is 1. The number of anilines is 1. The van der Waals surface area contributed by atoms with Crippen LogP contribution in [0.25, 0.3) is 0 Å². The maximum Gasteiger partial charge on any atom is 0.241 e. The fourth-order valence-electron chi connectivity index (χ4n) is 2.53. The van der Waals surface area contributed by atoms with Gasteiger partial charge < -0.3 is 5.73 Å². The molecule has 1 aromatic rings. The average Bonchev–Trinajstić information content (AvgIpc) is 2.31. The first-order valence-electron chi connectivity index (χ1n) is 6.70. The zero-order chi connectivity index (χ0) is 15.8. The first kappa shape index (κ1) is 16.3. The third-order valence-corrected chi connectivity index (χ3v) is 7.09. The topological polar surface area (TPSA) is 106 Å². The van der Waals surface area contributed by atoms with Crippen LogP contribution in [-0.2, 0) is 19.9 Å². The van der Waals surface area contributed by atoms with Crippen LogP contribution >= 0.6 is 0 Å². The van der Waals surface area contributed by atoms with Crippen LogP contribution in [0.15, 0.2) is 17.0 Å². The summed E-state index contributed by atoms with van der Waals surface area (Å²) in [7, 11) is -6.94. The highest BCUT2D eigenvalue weighted by Gasteiger charge is 2.29. The number of hydrogen-bond acceptors (Lipinski definition) is 5. The number of aryl methyl sites for hydroxylation is 1. The van der Waals surface area contributed by atoms with Gasteiger partial charge in [0.1, 0.15) is 0 Å². The fourth-order valence-corrected chi connectivity index (χ4v) is 5.90. The molecule has 0 amide bonds. The first-order chi connectivity index (χ1) is 9.61. The number of rotatable bonds is 3. The molecular formula is C13H20N2O4S2. The second-order valence-electron chi connectivity index (χ2n) is 5.55. The van der Waals surface area contributed by atoms with E-state index in [1.54, 1.807) is 26.0 Å². The zero-order valence-electron chi connectivity index (χ0n) is 12.1. The molecule has 1 saturated heterocycles. The summed E-state index contributed by atoms with van der Waals surface area (Å²) in [5, 5.41) is 0. The van der Waals surface area contributed by atoms with Gasteiger partial charge in [0.25, 0.3) is 0 Å². The SMILES string of the molecule is Cc1cc(N)c(C)c(S(=O)(=O)NC2CCCS(=O)(=O)C2)c1. The van der Waals surface area contributed by atoms with E-state index in [9.17, 15) is 16.8 Å². The summed E-state index contributed by atoms with van der Waals surface area (Å²) >= 11 is 0. The Morgan fingerprint density at radius 1 is 1.29 bits per heavy atom. The smallest absolute Gasteiger partial charge is 0.241 e. The minimum atomic E-state index is -3.78. The zero-order valence-corrected chi connectivity index (χ0v) is 13.7. The van der Waals surface area contributed by atoms with E-state index < -0.39 is 25.9 Å². The van der Waals surface area contributed by atoms with Crippen molar-refractivity contribution in [2.75, 3.05) is 17.2 Å². The van der Waals surface area contributed by atoms with Gasteiger partial charge in [-0.25, -0.2) is 21.6 Å². The lowest BCUT2D eigenvalue weighted by atomic mass is 10.1. The normalized spacial score (nSPS) is 22.1. The Hall–Kier alpha value is -1.12. The molecule has 1 heterocycles. The summed E-state index contributed by atoms with van der Waals surface area (Å²) in [6.07, 6.45) is 1.00. The molecule has 21 heavy (non-hydrogen) atoms. The van der Waals surface area contributed by atoms with Crippen molar-refractivity contribution < 1.29 is 16.8 Å². The lowest BCUT2D eigenvalue weighted by Crippen LogP contribution is -2.43. The van der Waals surface area contributed by atoms with Gasteiger partial charge in [-0.2, -0.15) is 0 Å². The molecule has 1 aliphatic heterocycles. The van der Waals surface area contributed by atoms with Crippen molar-refractivity contribution in [3.05, 3.63) is 23.3 Å². The van der Waals surface area contributed by atoms with Crippen molar-refractivity contribution in [1.29, 1.82) is 0 Å². The summed E-state index contributed by atoms with van der Waals surface area (Å²) in [6.45, 7) is 3.40. The molecule has 0 aromatic heterocycles. The molecule has 118 valence electrons. The van der Waals surface area contributed by atoms with E-state index in [0.717, 1.165) is 5.56 Å². The highest BCUT2D eigenvalue weighted by Crippen LogP contribution is 2.24. The van der Waals surface area contributed by atoms with Crippen molar-refractivity contribution >= 4 is 25.5 Å². The van der Waals surface area contributed by atoms with Crippen LogP contribution in [0.3, 0.4) is 0 Å². The number of sulfonamides is 1. The van der Waals surface area contributed by atoms with E-state index in [2.05, 4.69) is 4.72 Å². The number of nitrogens with two attached hydrogens (primary N) is 1. The van der Waals surface area contributed by atoms with Crippen LogP contribution in [-0.4, -0.2) is 34.4 Å². The van der Waals surface area contributed by atoms with E-state index in [-0.39, 0.29) is 16.4 Å². The molecule has 0 spiro atoms. The molecule has 0 saturated carbocycles. The van der Waals surface area contributed by atoms with Gasteiger partial charge in [-0.15, -0.1) is 0 Å². The molecular weight excluding hydrogens is 312 g/mol. The second-order valence-corrected chi connectivity index (χ2v) is 9.46. The summed E-state index contributed by atoms with van der Waals surface area (Å²) < 4.78 is 50.7. The van der Waals surface area contributed by atoms with Gasteiger partial charge in [0.05, 0.1) is 16.4 Å². The van der Waals surface area contributed by atoms with E-state index >= 15 is 0 Å². The first-order valence-corrected chi connectivity index (χ1v) is 10.0. The minimum absolute atomic E-state index is 0.114. The van der Waals surface area contributed by atoms with Gasteiger partial charge >= 0.3 is 0 Å². The fraction of sp³-hybridized carbons (Fsp3) is 0.538. The lowest BCUT2D eigenvalue weighted by molar-refractivity contribution is 0.517. The van der Waals surface area contributed by atoms with Gasteiger partial charge in [0, 0.05) is 11.7 Å². The molecule has 1 unspecified atom stereocenters. The van der Waals surface area contributed by atoms with Crippen LogP contribution in [0, 0.1) is 13.8 Å². The summed E-state index contributed by atoms with van der Waals surface area (Å²) in [6, 6.07) is 2.68. The summed E-state index contributed by atoms with van der Waals surface area (Å²) in [5.74, 6) is -0.0196. The Kier molecular flexibility index (Phi) is 4.32. The molecule has 0 radical (unpaired) electrons. The van der Waals surface area contributed by atoms with Crippen LogP contribution in [0.5, 0.6) is 0 Å². The Bertz CT molecular complexity index is 755. The minimum Gasteiger partial charge on any atom is -0.398 e. The van der Waals surface area contributed by atoms with Gasteiger partial charge in [0.2, 0.25) is 10.0 Å². The molecule has 0 bridgehead atoms. The quantitative estimate of drug-likeness (QED) is 0.794. The standard InChI is InChI=1S/C13H20N2O4S2/c1-9-6-12(14)10(2)13(7-9)21(18,19)15-11-4-3-5-20(16,17)8-11/h6-7,11,15H,3-5,8,14H2,1-2H3. The Morgan fingerprint density at radius 2 is 1.95 bits per heavy atom. The van der Waals surface area contributed by atoms with Crippen LogP contribution < -0.4 is 10.5 Å². The van der Waals surface area contributed by atoms with Crippen LogP contribution in [0.4, 0.5) is 5.69 Å². The van der Waals surface area contributed by atoms with Crippen molar-refractivity contribution in [3.8, 4) is 0 Å². The highest BCUT2D eigenvalue weighted by molar-refractivity contribution is 7.91. The monoisotopic (exact) mass is 332 g/mol. The lowest BCUT2D eigenvalue weighted by Gasteiger charge is -2.23. The number of hydrogen-bond donors (Lipinski definition) is 2. The molecule has 2 rings (SSSR count). The van der Waals surface area contributed by atoms with Crippen molar-refractivity contribution in [3.63, 3.8) is 0 Å². The molecule has 8 heteroatoms. The average molecular weight is 332 g/mol. The van der Waals surface area contributed by atoms with E-state index in [1.165, 1.54) is 0 Å². The third-order valence-electron chi connectivity index (χ3n) is 3.62. The number of nitrogens with one attached hydrogen (secondary N) is 1. The molecule has 1 fully saturated rings. The van der Waals surface area contributed by atoms with E-state index in [1.807, 2.05) is 0 Å². The Morgan fingerprint density at radius 3 is 2.57 bits per heavy atom. The maximum absolute atomic E-state index is 12.5. The molecule has 3 N–H and O–H groups in total. The van der Waals surface area contributed by atoms with Crippen molar-refractivity contribution in [2.45, 2.75) is 37.6 Å². The van der Waals surface area contributed by atoms with Gasteiger partial charge in [-0.3, -0.25) is 0 Å². The largest absolute Gasteiger partial charge is 0.398 e. The summed E-state index contributed by atoms with van der Waals surface area (Å²) in [5.41, 5.74) is 7.44. The highest BCUT2D eigenvalue weighted by atomic mass is 32.2. The van der Waals surface area contributed by atoms with Gasteiger partial charge in [-0.1, -0.05) is 0 Å². The Labute approximate surface area is 125 Å². The number of sulfone groups is 1. The van der Waals surface area contributed by atoms with E-state index in [0.29, 0.717) is 24.1 Å². The third kappa shape index (κ3) is 3.75. The molecule has 0 aliphatic carbocycles. The summed E-state index contributed by atoms with van der Waals surface area (Å²) in [4.78, 5) is 0.114. The van der Waals surface area contributed by atoms with Gasteiger partial charge in [-0.05, 0) is 49.9 Å². The molecule has 1 atom stereocenters. The molecule has 1 aromatic carbocycles. The predicted molar refractivity (Wildman–Crippen MR) is 82.3 cm³/mol. The Balaban J connectivity index is 2.31.